The van der Waals surface area contributed by atoms with Gasteiger partial charge in [0.1, 0.15) is 5.60 Å². The number of alkyl halides is 1. The summed E-state index contributed by atoms with van der Waals surface area (Å²) in [5.41, 5.74) is 1.09. The molecule has 7 heteroatoms. The standard InChI is InChI=1S/C16H25IN2O3S/c1-16(2,3)22-15(20)19(8-10-21-9-7-17)12-5-6-13(18-4)14(23)11-12/h5-6,11,18,23H,7-10H2,1-4H3. The number of anilines is 2. The molecule has 1 amide bonds. The number of ether oxygens (including phenoxy) is 2. The van der Waals surface area contributed by atoms with Gasteiger partial charge < -0.3 is 14.8 Å². The molecular formula is C16H25IN2O3S. The van der Waals surface area contributed by atoms with Crippen molar-refractivity contribution >= 4 is 52.7 Å². The molecule has 0 unspecified atom stereocenters. The number of nitrogens with one attached hydrogen (secondary N) is 1. The van der Waals surface area contributed by atoms with Crippen LogP contribution in [0.5, 0.6) is 0 Å². The molecule has 1 rings (SSSR count). The van der Waals surface area contributed by atoms with E-state index in [4.69, 9.17) is 9.47 Å². The van der Waals surface area contributed by atoms with Gasteiger partial charge >= 0.3 is 6.09 Å². The summed E-state index contributed by atoms with van der Waals surface area (Å²) in [6.07, 6.45) is -0.388. The minimum Gasteiger partial charge on any atom is -0.443 e. The van der Waals surface area contributed by atoms with Gasteiger partial charge in [-0.3, -0.25) is 4.90 Å². The van der Waals surface area contributed by atoms with Gasteiger partial charge in [-0.25, -0.2) is 4.79 Å². The van der Waals surface area contributed by atoms with Gasteiger partial charge in [-0.1, -0.05) is 22.6 Å². The van der Waals surface area contributed by atoms with Crippen LogP contribution in [0.4, 0.5) is 16.2 Å². The van der Waals surface area contributed by atoms with Crippen LogP contribution in [0.3, 0.4) is 0 Å². The van der Waals surface area contributed by atoms with E-state index >= 15 is 0 Å². The Morgan fingerprint density at radius 3 is 2.57 bits per heavy atom. The highest BCUT2D eigenvalue weighted by molar-refractivity contribution is 14.1. The summed E-state index contributed by atoms with van der Waals surface area (Å²) >= 11 is 6.70. The first-order valence-electron chi connectivity index (χ1n) is 7.43. The summed E-state index contributed by atoms with van der Waals surface area (Å²) in [7, 11) is 1.83. The molecule has 0 bridgehead atoms. The second kappa shape index (κ2) is 9.58. The first-order chi connectivity index (χ1) is 10.8. The summed E-state index contributed by atoms with van der Waals surface area (Å²) in [6.45, 7) is 7.10. The zero-order valence-electron chi connectivity index (χ0n) is 14.1. The van der Waals surface area contributed by atoms with Crippen molar-refractivity contribution in [2.24, 2.45) is 0 Å². The molecular weight excluding hydrogens is 427 g/mol. The van der Waals surface area contributed by atoms with E-state index in [1.165, 1.54) is 0 Å². The van der Waals surface area contributed by atoms with E-state index in [9.17, 15) is 4.79 Å². The SMILES string of the molecule is CNc1ccc(N(CCOCCI)C(=O)OC(C)(C)C)cc1S. The monoisotopic (exact) mass is 452 g/mol. The average Bonchev–Trinajstić information content (AvgIpc) is 2.45. The molecule has 1 aromatic rings. The Kier molecular flexibility index (Phi) is 8.49. The molecule has 0 aromatic heterocycles. The summed E-state index contributed by atoms with van der Waals surface area (Å²) in [5, 5.41) is 3.05. The van der Waals surface area contributed by atoms with Gasteiger partial charge in [0.2, 0.25) is 0 Å². The first kappa shape index (κ1) is 20.4. The van der Waals surface area contributed by atoms with E-state index in [0.717, 1.165) is 20.7 Å². The molecule has 1 N–H and O–H groups in total. The highest BCUT2D eigenvalue weighted by Crippen LogP contribution is 2.27. The Balaban J connectivity index is 2.93. The zero-order chi connectivity index (χ0) is 17.5. The van der Waals surface area contributed by atoms with E-state index in [0.29, 0.717) is 19.8 Å². The number of halogens is 1. The van der Waals surface area contributed by atoms with Crippen LogP contribution in [0.1, 0.15) is 20.8 Å². The molecule has 23 heavy (non-hydrogen) atoms. The molecule has 1 aromatic carbocycles. The van der Waals surface area contributed by atoms with Gasteiger partial charge in [-0.2, -0.15) is 0 Å². The van der Waals surface area contributed by atoms with E-state index < -0.39 is 5.60 Å². The highest BCUT2D eigenvalue weighted by Gasteiger charge is 2.23. The lowest BCUT2D eigenvalue weighted by Gasteiger charge is -2.27. The molecule has 0 fully saturated rings. The van der Waals surface area contributed by atoms with Crippen LogP contribution in [0.25, 0.3) is 0 Å². The number of hydrogen-bond acceptors (Lipinski definition) is 5. The number of carbonyl (C=O) groups excluding carboxylic acids is 1. The summed E-state index contributed by atoms with van der Waals surface area (Å²) in [5.74, 6) is 0. The van der Waals surface area contributed by atoms with Crippen LogP contribution in [0.15, 0.2) is 23.1 Å². The van der Waals surface area contributed by atoms with Gasteiger partial charge in [0.25, 0.3) is 0 Å². The van der Waals surface area contributed by atoms with Crippen molar-refractivity contribution in [1.29, 1.82) is 0 Å². The van der Waals surface area contributed by atoms with Crippen molar-refractivity contribution in [3.63, 3.8) is 0 Å². The summed E-state index contributed by atoms with van der Waals surface area (Å²) < 4.78 is 11.9. The Morgan fingerprint density at radius 2 is 2.04 bits per heavy atom. The van der Waals surface area contributed by atoms with Crippen LogP contribution in [-0.4, -0.2) is 42.9 Å². The van der Waals surface area contributed by atoms with Gasteiger partial charge in [-0.05, 0) is 39.0 Å². The van der Waals surface area contributed by atoms with E-state index in [-0.39, 0.29) is 6.09 Å². The predicted molar refractivity (Wildman–Crippen MR) is 107 cm³/mol. The molecule has 0 spiro atoms. The molecule has 0 heterocycles. The van der Waals surface area contributed by atoms with Crippen LogP contribution < -0.4 is 10.2 Å². The fourth-order valence-corrected chi connectivity index (χ4v) is 2.48. The van der Waals surface area contributed by atoms with Crippen LogP contribution in [0, 0.1) is 0 Å². The third-order valence-corrected chi connectivity index (χ3v) is 3.67. The number of nitrogens with zero attached hydrogens (tertiary/aromatic N) is 1. The summed E-state index contributed by atoms with van der Waals surface area (Å²) in [4.78, 5) is 14.8. The maximum Gasteiger partial charge on any atom is 0.414 e. The lowest BCUT2D eigenvalue weighted by atomic mass is 10.2. The minimum absolute atomic E-state index is 0.388. The number of rotatable bonds is 7. The summed E-state index contributed by atoms with van der Waals surface area (Å²) in [6, 6.07) is 5.60. The maximum atomic E-state index is 12.5. The van der Waals surface area contributed by atoms with E-state index in [2.05, 4.69) is 40.5 Å². The van der Waals surface area contributed by atoms with Crippen molar-refractivity contribution < 1.29 is 14.3 Å². The fraction of sp³-hybridized carbons (Fsp3) is 0.562. The van der Waals surface area contributed by atoms with Crippen LogP contribution in [-0.2, 0) is 9.47 Å². The Morgan fingerprint density at radius 1 is 1.35 bits per heavy atom. The maximum absolute atomic E-state index is 12.5. The minimum atomic E-state index is -0.549. The zero-order valence-corrected chi connectivity index (χ0v) is 17.1. The number of benzene rings is 1. The van der Waals surface area contributed by atoms with E-state index in [1.807, 2.05) is 46.0 Å². The lowest BCUT2D eigenvalue weighted by molar-refractivity contribution is 0.0563. The van der Waals surface area contributed by atoms with Gasteiger partial charge in [0.05, 0.1) is 19.8 Å². The van der Waals surface area contributed by atoms with Gasteiger partial charge in [0.15, 0.2) is 0 Å². The molecule has 130 valence electrons. The molecule has 0 aliphatic rings. The molecule has 0 aliphatic heterocycles. The van der Waals surface area contributed by atoms with Gasteiger partial charge in [0, 0.05) is 27.7 Å². The molecule has 0 saturated carbocycles. The van der Waals surface area contributed by atoms with Crippen LogP contribution in [0.2, 0.25) is 0 Å². The second-order valence-corrected chi connectivity index (χ2v) is 7.45. The second-order valence-electron chi connectivity index (χ2n) is 5.88. The number of carbonyl (C=O) groups is 1. The normalized spacial score (nSPS) is 11.2. The largest absolute Gasteiger partial charge is 0.443 e. The molecule has 5 nitrogen and oxygen atoms in total. The number of amides is 1. The molecule has 0 saturated heterocycles. The highest BCUT2D eigenvalue weighted by atomic mass is 127. The molecule has 0 radical (unpaired) electrons. The third kappa shape index (κ3) is 7.17. The molecule has 0 atom stereocenters. The Labute approximate surface area is 157 Å². The fourth-order valence-electron chi connectivity index (χ4n) is 1.85. The van der Waals surface area contributed by atoms with E-state index in [1.54, 1.807) is 4.90 Å². The first-order valence-corrected chi connectivity index (χ1v) is 9.40. The van der Waals surface area contributed by atoms with Crippen molar-refractivity contribution in [2.45, 2.75) is 31.3 Å². The van der Waals surface area contributed by atoms with Crippen LogP contribution >= 0.6 is 35.2 Å². The Bertz CT molecular complexity index is 521. The predicted octanol–water partition coefficient (Wildman–Crippen LogP) is 4.21. The third-order valence-electron chi connectivity index (χ3n) is 2.86. The number of hydrogen-bond donors (Lipinski definition) is 2. The number of thiol groups is 1. The lowest BCUT2D eigenvalue weighted by Crippen LogP contribution is -2.39. The van der Waals surface area contributed by atoms with Crippen molar-refractivity contribution in [3.05, 3.63) is 18.2 Å². The average molecular weight is 452 g/mol. The Hall–Kier alpha value is -0.670. The van der Waals surface area contributed by atoms with Crippen molar-refractivity contribution in [3.8, 4) is 0 Å². The topological polar surface area (TPSA) is 50.8 Å². The van der Waals surface area contributed by atoms with Gasteiger partial charge in [-0.15, -0.1) is 12.6 Å². The quantitative estimate of drug-likeness (QED) is 0.282. The molecule has 0 aliphatic carbocycles. The van der Waals surface area contributed by atoms with Crippen molar-refractivity contribution in [1.82, 2.24) is 0 Å². The smallest absolute Gasteiger partial charge is 0.414 e. The van der Waals surface area contributed by atoms with Crippen molar-refractivity contribution in [2.75, 3.05) is 41.5 Å².